The average molecular weight is 603 g/mol. The summed E-state index contributed by atoms with van der Waals surface area (Å²) in [7, 11) is 0. The highest BCUT2D eigenvalue weighted by Gasteiger charge is 2.02. The molecule has 42 heavy (non-hydrogen) atoms. The number of ether oxygens (including phenoxy) is 11. The Morgan fingerprint density at radius 2 is 0.762 bits per heavy atom. The van der Waals surface area contributed by atoms with Gasteiger partial charge in [0.15, 0.2) is 0 Å². The Kier molecular flexibility index (Phi) is 27.4. The standard InChI is InChI=1S/C30H50O12/c1-28(2)30(31)42-27-25-40-23-21-38-19-17-36-15-13-34-11-9-32-8-10-33-12-14-35-16-18-37-20-22-39-24-26-41-29-6-4-3-5-7-29/h3-7H,1,8-27H2,2H3. The minimum absolute atomic E-state index is 0.200. The van der Waals surface area contributed by atoms with Crippen LogP contribution >= 0.6 is 0 Å². The molecule has 0 amide bonds. The molecule has 0 spiro atoms. The Hall–Kier alpha value is -2.13. The van der Waals surface area contributed by atoms with Crippen molar-refractivity contribution in [2.45, 2.75) is 6.92 Å². The summed E-state index contributed by atoms with van der Waals surface area (Å²) < 4.78 is 59.3. The van der Waals surface area contributed by atoms with E-state index in [9.17, 15) is 4.79 Å². The van der Waals surface area contributed by atoms with Gasteiger partial charge in [-0.05, 0) is 19.1 Å². The second kappa shape index (κ2) is 30.3. The molecule has 0 aromatic heterocycles. The van der Waals surface area contributed by atoms with Crippen LogP contribution in [0.5, 0.6) is 5.75 Å². The molecule has 0 aliphatic heterocycles. The van der Waals surface area contributed by atoms with E-state index in [1.54, 1.807) is 6.92 Å². The van der Waals surface area contributed by atoms with Gasteiger partial charge >= 0.3 is 5.97 Å². The van der Waals surface area contributed by atoms with Crippen molar-refractivity contribution in [2.75, 3.05) is 132 Å². The van der Waals surface area contributed by atoms with Crippen LogP contribution in [0.15, 0.2) is 42.5 Å². The number of para-hydroxylation sites is 1. The van der Waals surface area contributed by atoms with Gasteiger partial charge in [-0.1, -0.05) is 24.8 Å². The third-order valence-electron chi connectivity index (χ3n) is 5.02. The van der Waals surface area contributed by atoms with Crippen molar-refractivity contribution in [3.63, 3.8) is 0 Å². The third kappa shape index (κ3) is 26.7. The van der Waals surface area contributed by atoms with Crippen LogP contribution in [0.4, 0.5) is 0 Å². The van der Waals surface area contributed by atoms with E-state index in [2.05, 4.69) is 6.58 Å². The topological polar surface area (TPSA) is 119 Å². The highest BCUT2D eigenvalue weighted by Crippen LogP contribution is 2.07. The van der Waals surface area contributed by atoms with Gasteiger partial charge in [-0.2, -0.15) is 0 Å². The first-order chi connectivity index (χ1) is 20.7. The molecule has 0 aliphatic rings. The van der Waals surface area contributed by atoms with Crippen molar-refractivity contribution in [3.05, 3.63) is 42.5 Å². The van der Waals surface area contributed by atoms with Gasteiger partial charge in [-0.25, -0.2) is 4.79 Å². The second-order valence-electron chi connectivity index (χ2n) is 8.59. The molecule has 12 nitrogen and oxygen atoms in total. The van der Waals surface area contributed by atoms with Gasteiger partial charge in [0.1, 0.15) is 19.0 Å². The maximum atomic E-state index is 11.2. The molecule has 0 saturated heterocycles. The SMILES string of the molecule is C=C(C)C(=O)OCCOCCOCCOCCOCCOCCOCCOCCOCCOCCOc1ccccc1. The molecule has 0 fully saturated rings. The van der Waals surface area contributed by atoms with Crippen LogP contribution < -0.4 is 4.74 Å². The van der Waals surface area contributed by atoms with Gasteiger partial charge in [0, 0.05) is 5.57 Å². The summed E-state index contributed by atoms with van der Waals surface area (Å²) >= 11 is 0. The van der Waals surface area contributed by atoms with Crippen molar-refractivity contribution in [1.29, 1.82) is 0 Å². The van der Waals surface area contributed by atoms with Crippen LogP contribution in [0, 0.1) is 0 Å². The maximum Gasteiger partial charge on any atom is 0.333 e. The number of benzene rings is 1. The average Bonchev–Trinajstić information content (AvgIpc) is 3.00. The van der Waals surface area contributed by atoms with E-state index in [0.717, 1.165) is 5.75 Å². The fraction of sp³-hybridized carbons (Fsp3) is 0.700. The van der Waals surface area contributed by atoms with E-state index in [1.165, 1.54) is 0 Å². The molecular formula is C30H50O12. The van der Waals surface area contributed by atoms with Crippen LogP contribution in [0.2, 0.25) is 0 Å². The van der Waals surface area contributed by atoms with Crippen molar-refractivity contribution in [2.24, 2.45) is 0 Å². The Morgan fingerprint density at radius 1 is 0.476 bits per heavy atom. The van der Waals surface area contributed by atoms with E-state index in [4.69, 9.17) is 52.1 Å². The van der Waals surface area contributed by atoms with Gasteiger partial charge in [-0.3, -0.25) is 0 Å². The van der Waals surface area contributed by atoms with Crippen LogP contribution in [0.1, 0.15) is 6.92 Å². The van der Waals surface area contributed by atoms with E-state index >= 15 is 0 Å². The molecule has 0 aliphatic carbocycles. The normalized spacial score (nSPS) is 11.1. The summed E-state index contributed by atoms with van der Waals surface area (Å²) in [5.74, 6) is 0.429. The molecule has 0 unspecified atom stereocenters. The lowest BCUT2D eigenvalue weighted by atomic mass is 10.3. The smallest absolute Gasteiger partial charge is 0.333 e. The third-order valence-corrected chi connectivity index (χ3v) is 5.02. The monoisotopic (exact) mass is 602 g/mol. The minimum atomic E-state index is -0.412. The van der Waals surface area contributed by atoms with Crippen molar-refractivity contribution in [3.8, 4) is 5.75 Å². The molecule has 242 valence electrons. The van der Waals surface area contributed by atoms with E-state index in [-0.39, 0.29) is 6.61 Å². The molecule has 12 heteroatoms. The van der Waals surface area contributed by atoms with E-state index in [0.29, 0.717) is 131 Å². The van der Waals surface area contributed by atoms with Crippen molar-refractivity contribution >= 4 is 5.97 Å². The molecule has 0 bridgehead atoms. The largest absolute Gasteiger partial charge is 0.491 e. The minimum Gasteiger partial charge on any atom is -0.491 e. The number of carbonyl (C=O) groups excluding carboxylic acids is 1. The number of carbonyl (C=O) groups is 1. The van der Waals surface area contributed by atoms with Crippen LogP contribution in [0.25, 0.3) is 0 Å². The molecule has 0 heterocycles. The second-order valence-corrected chi connectivity index (χ2v) is 8.59. The lowest BCUT2D eigenvalue weighted by Crippen LogP contribution is -2.15. The molecule has 0 saturated carbocycles. The van der Waals surface area contributed by atoms with Gasteiger partial charge in [0.05, 0.1) is 119 Å². The summed E-state index contributed by atoms with van der Waals surface area (Å²) in [4.78, 5) is 11.2. The lowest BCUT2D eigenvalue weighted by Gasteiger charge is -2.09. The van der Waals surface area contributed by atoms with Gasteiger partial charge in [0.2, 0.25) is 0 Å². The maximum absolute atomic E-state index is 11.2. The fourth-order valence-electron chi connectivity index (χ4n) is 2.91. The molecule has 0 N–H and O–H groups in total. The number of esters is 1. The predicted molar refractivity (Wildman–Crippen MR) is 155 cm³/mol. The van der Waals surface area contributed by atoms with Crippen molar-refractivity contribution in [1.82, 2.24) is 0 Å². The zero-order valence-electron chi connectivity index (χ0n) is 25.1. The van der Waals surface area contributed by atoms with E-state index < -0.39 is 5.97 Å². The fourth-order valence-corrected chi connectivity index (χ4v) is 2.91. The summed E-state index contributed by atoms with van der Waals surface area (Å²) in [6.07, 6.45) is 0. The Morgan fingerprint density at radius 3 is 1.07 bits per heavy atom. The highest BCUT2D eigenvalue weighted by molar-refractivity contribution is 5.86. The molecule has 0 atom stereocenters. The number of hydrogen-bond donors (Lipinski definition) is 0. The Bertz CT molecular complexity index is 734. The molecule has 1 aromatic carbocycles. The highest BCUT2D eigenvalue weighted by atomic mass is 16.6. The van der Waals surface area contributed by atoms with Gasteiger partial charge in [0.25, 0.3) is 0 Å². The first-order valence-corrected chi connectivity index (χ1v) is 14.4. The number of hydrogen-bond acceptors (Lipinski definition) is 12. The van der Waals surface area contributed by atoms with Crippen LogP contribution in [-0.2, 0) is 52.2 Å². The quantitative estimate of drug-likeness (QED) is 0.0684. The van der Waals surface area contributed by atoms with E-state index in [1.807, 2.05) is 30.3 Å². The molecule has 0 radical (unpaired) electrons. The molecule has 1 rings (SSSR count). The Balaban J connectivity index is 1.63. The summed E-state index contributed by atoms with van der Waals surface area (Å²) in [6, 6.07) is 9.65. The zero-order valence-corrected chi connectivity index (χ0v) is 25.1. The zero-order chi connectivity index (χ0) is 30.2. The van der Waals surface area contributed by atoms with Crippen LogP contribution in [0.3, 0.4) is 0 Å². The first kappa shape index (κ1) is 37.9. The molecule has 1 aromatic rings. The summed E-state index contributed by atoms with van der Waals surface area (Å²) in [5.41, 5.74) is 0.371. The summed E-state index contributed by atoms with van der Waals surface area (Å²) in [5, 5.41) is 0. The van der Waals surface area contributed by atoms with Crippen LogP contribution in [-0.4, -0.2) is 138 Å². The number of rotatable bonds is 32. The first-order valence-electron chi connectivity index (χ1n) is 14.4. The Labute approximate surface area is 250 Å². The lowest BCUT2D eigenvalue weighted by molar-refractivity contribution is -0.140. The molecular weight excluding hydrogens is 552 g/mol. The summed E-state index contributed by atoms with van der Waals surface area (Å²) in [6.45, 7) is 14.5. The van der Waals surface area contributed by atoms with Gasteiger partial charge in [-0.15, -0.1) is 0 Å². The van der Waals surface area contributed by atoms with Gasteiger partial charge < -0.3 is 52.1 Å². The van der Waals surface area contributed by atoms with Crippen molar-refractivity contribution < 1.29 is 56.9 Å². The predicted octanol–water partition coefficient (Wildman–Crippen LogP) is 2.33.